The Morgan fingerprint density at radius 3 is 2.63 bits per heavy atom. The van der Waals surface area contributed by atoms with Gasteiger partial charge < -0.3 is 15.7 Å². The summed E-state index contributed by atoms with van der Waals surface area (Å²) >= 11 is 0. The average Bonchev–Trinajstić information content (AvgIpc) is 3.07. The number of aryl methyl sites for hydroxylation is 1. The van der Waals surface area contributed by atoms with Crippen LogP contribution in [0.25, 0.3) is 0 Å². The van der Waals surface area contributed by atoms with Crippen molar-refractivity contribution in [2.45, 2.75) is 38.2 Å². The number of nitrogens with zero attached hydrogens (tertiary/aromatic N) is 2. The summed E-state index contributed by atoms with van der Waals surface area (Å²) in [4.78, 5) is 24.7. The Labute approximate surface area is 158 Å². The third-order valence-electron chi connectivity index (χ3n) is 4.98. The summed E-state index contributed by atoms with van der Waals surface area (Å²) in [6.07, 6.45) is 4.39. The van der Waals surface area contributed by atoms with Crippen molar-refractivity contribution in [2.24, 2.45) is 13.0 Å². The number of amides is 2. The number of nitrogens with one attached hydrogen (secondary N) is 2. The number of hydrogen-bond acceptors (Lipinski definition) is 4. The predicted molar refractivity (Wildman–Crippen MR) is 102 cm³/mol. The Balaban J connectivity index is 1.56. The molecule has 1 atom stereocenters. The van der Waals surface area contributed by atoms with E-state index < -0.39 is 12.0 Å². The summed E-state index contributed by atoms with van der Waals surface area (Å²) < 4.78 is 1.49. The van der Waals surface area contributed by atoms with Gasteiger partial charge >= 0.3 is 0 Å². The topological polar surface area (TPSA) is 96.2 Å². The van der Waals surface area contributed by atoms with Gasteiger partial charge in [0.05, 0.1) is 6.10 Å². The van der Waals surface area contributed by atoms with E-state index in [1.165, 1.54) is 11.1 Å². The van der Waals surface area contributed by atoms with Crippen molar-refractivity contribution >= 4 is 17.6 Å². The van der Waals surface area contributed by atoms with Gasteiger partial charge in [-0.3, -0.25) is 14.3 Å². The molecule has 1 unspecified atom stereocenters. The number of hydrogen-bond donors (Lipinski definition) is 3. The van der Waals surface area contributed by atoms with E-state index in [0.717, 1.165) is 31.2 Å². The molecular formula is C20H26N4O3. The zero-order chi connectivity index (χ0) is 19.2. The normalized spacial score (nSPS) is 15.9. The lowest BCUT2D eigenvalue weighted by atomic mass is 9.89. The molecule has 0 bridgehead atoms. The van der Waals surface area contributed by atoms with Crippen LogP contribution in [0.5, 0.6) is 0 Å². The van der Waals surface area contributed by atoms with Crippen LogP contribution in [0, 0.1) is 5.92 Å². The lowest BCUT2D eigenvalue weighted by Crippen LogP contribution is -2.28. The van der Waals surface area contributed by atoms with E-state index in [9.17, 15) is 14.7 Å². The molecule has 7 nitrogen and oxygen atoms in total. The number of anilines is 1. The van der Waals surface area contributed by atoms with Crippen LogP contribution in [-0.4, -0.2) is 33.2 Å². The van der Waals surface area contributed by atoms with Gasteiger partial charge in [-0.05, 0) is 18.4 Å². The Kier molecular flexibility index (Phi) is 6.24. The summed E-state index contributed by atoms with van der Waals surface area (Å²) in [6, 6.07) is 10.7. The minimum Gasteiger partial charge on any atom is -0.387 e. The van der Waals surface area contributed by atoms with Crippen LogP contribution in [0.15, 0.2) is 36.4 Å². The van der Waals surface area contributed by atoms with Gasteiger partial charge in [0.1, 0.15) is 5.82 Å². The number of aromatic nitrogens is 2. The van der Waals surface area contributed by atoms with Crippen LogP contribution in [0.3, 0.4) is 0 Å². The molecule has 1 aliphatic carbocycles. The fraction of sp³-hybridized carbons (Fsp3) is 0.450. The van der Waals surface area contributed by atoms with Crippen molar-refractivity contribution in [1.82, 2.24) is 15.1 Å². The van der Waals surface area contributed by atoms with Crippen LogP contribution in [-0.2, 0) is 11.8 Å². The van der Waals surface area contributed by atoms with Crippen molar-refractivity contribution in [1.29, 1.82) is 0 Å². The molecule has 2 amide bonds. The summed E-state index contributed by atoms with van der Waals surface area (Å²) in [5.74, 6) is 0.134. The van der Waals surface area contributed by atoms with Gasteiger partial charge in [-0.1, -0.05) is 49.6 Å². The maximum atomic E-state index is 12.4. The van der Waals surface area contributed by atoms with Crippen molar-refractivity contribution < 1.29 is 14.7 Å². The first-order chi connectivity index (χ1) is 13.0. The van der Waals surface area contributed by atoms with E-state index in [1.54, 1.807) is 25.2 Å². The summed E-state index contributed by atoms with van der Waals surface area (Å²) in [7, 11) is 1.69. The molecule has 1 aromatic carbocycles. The standard InChI is InChI=1S/C20H26N4O3/c1-24-18(22-19(26)15-10-6-3-7-11-15)12-16(23-24)20(27)21-13-17(25)14-8-4-2-5-9-14/h2,4-5,8-9,12,15,17,25H,3,6-7,10-11,13H2,1H3,(H,21,27)(H,22,26). The molecule has 2 aromatic rings. The Hall–Kier alpha value is -2.67. The number of carbonyl (C=O) groups is 2. The fourth-order valence-electron chi connectivity index (χ4n) is 3.36. The summed E-state index contributed by atoms with van der Waals surface area (Å²) in [6.45, 7) is 0.0865. The molecule has 0 saturated heterocycles. The van der Waals surface area contributed by atoms with Gasteiger partial charge in [-0.25, -0.2) is 0 Å². The van der Waals surface area contributed by atoms with Crippen molar-refractivity contribution in [2.75, 3.05) is 11.9 Å². The average molecular weight is 370 g/mol. The summed E-state index contributed by atoms with van der Waals surface area (Å²) in [5, 5.41) is 19.9. The summed E-state index contributed by atoms with van der Waals surface area (Å²) in [5.41, 5.74) is 0.941. The first-order valence-corrected chi connectivity index (χ1v) is 9.40. The molecule has 1 aliphatic rings. The van der Waals surface area contributed by atoms with Gasteiger partial charge in [-0.15, -0.1) is 0 Å². The molecule has 0 radical (unpaired) electrons. The highest BCUT2D eigenvalue weighted by atomic mass is 16.3. The zero-order valence-corrected chi connectivity index (χ0v) is 15.5. The van der Waals surface area contributed by atoms with E-state index in [-0.39, 0.29) is 24.1 Å². The van der Waals surface area contributed by atoms with Crippen LogP contribution < -0.4 is 10.6 Å². The Morgan fingerprint density at radius 2 is 1.93 bits per heavy atom. The largest absolute Gasteiger partial charge is 0.387 e. The number of carbonyl (C=O) groups excluding carboxylic acids is 2. The van der Waals surface area contributed by atoms with E-state index in [2.05, 4.69) is 15.7 Å². The number of benzene rings is 1. The van der Waals surface area contributed by atoms with Gasteiger partial charge in [0, 0.05) is 25.6 Å². The predicted octanol–water partition coefficient (Wildman–Crippen LogP) is 2.40. The molecule has 1 aromatic heterocycles. The molecule has 0 spiro atoms. The van der Waals surface area contributed by atoms with E-state index in [1.807, 2.05) is 18.2 Å². The van der Waals surface area contributed by atoms with E-state index >= 15 is 0 Å². The maximum Gasteiger partial charge on any atom is 0.271 e. The first kappa shape index (κ1) is 19.1. The molecule has 3 N–H and O–H groups in total. The van der Waals surface area contributed by atoms with Crippen molar-refractivity contribution in [3.63, 3.8) is 0 Å². The second kappa shape index (κ2) is 8.81. The molecule has 27 heavy (non-hydrogen) atoms. The first-order valence-electron chi connectivity index (χ1n) is 9.40. The monoisotopic (exact) mass is 370 g/mol. The lowest BCUT2D eigenvalue weighted by Gasteiger charge is -2.20. The van der Waals surface area contributed by atoms with Gasteiger partial charge in [0.25, 0.3) is 5.91 Å². The molecule has 7 heteroatoms. The molecule has 1 heterocycles. The molecule has 144 valence electrons. The second-order valence-corrected chi connectivity index (χ2v) is 7.00. The smallest absolute Gasteiger partial charge is 0.271 e. The highest BCUT2D eigenvalue weighted by molar-refractivity contribution is 5.96. The van der Waals surface area contributed by atoms with Gasteiger partial charge in [0.2, 0.25) is 5.91 Å². The maximum absolute atomic E-state index is 12.4. The van der Waals surface area contributed by atoms with Crippen LogP contribution in [0.1, 0.15) is 54.3 Å². The van der Waals surface area contributed by atoms with Crippen LogP contribution >= 0.6 is 0 Å². The van der Waals surface area contributed by atoms with Crippen LogP contribution in [0.2, 0.25) is 0 Å². The lowest BCUT2D eigenvalue weighted by molar-refractivity contribution is -0.120. The van der Waals surface area contributed by atoms with Crippen molar-refractivity contribution in [3.05, 3.63) is 47.7 Å². The van der Waals surface area contributed by atoms with E-state index in [4.69, 9.17) is 0 Å². The Bertz CT molecular complexity index is 782. The molecule has 0 aliphatic heterocycles. The minimum absolute atomic E-state index is 0.0100. The van der Waals surface area contributed by atoms with E-state index in [0.29, 0.717) is 5.82 Å². The zero-order valence-electron chi connectivity index (χ0n) is 15.5. The third-order valence-corrected chi connectivity index (χ3v) is 4.98. The highest BCUT2D eigenvalue weighted by Gasteiger charge is 2.23. The highest BCUT2D eigenvalue weighted by Crippen LogP contribution is 2.25. The molecule has 1 saturated carbocycles. The third kappa shape index (κ3) is 4.95. The van der Waals surface area contributed by atoms with Crippen molar-refractivity contribution in [3.8, 4) is 0 Å². The number of aliphatic hydroxyl groups excluding tert-OH is 1. The fourth-order valence-corrected chi connectivity index (χ4v) is 3.36. The number of aliphatic hydroxyl groups is 1. The SMILES string of the molecule is Cn1nc(C(=O)NCC(O)c2ccccc2)cc1NC(=O)C1CCCCC1. The molecule has 1 fully saturated rings. The molecule has 3 rings (SSSR count). The molecular weight excluding hydrogens is 344 g/mol. The minimum atomic E-state index is -0.788. The number of rotatable bonds is 6. The van der Waals surface area contributed by atoms with Gasteiger partial charge in [-0.2, -0.15) is 5.10 Å². The second-order valence-electron chi connectivity index (χ2n) is 7.00. The Morgan fingerprint density at radius 1 is 1.22 bits per heavy atom. The van der Waals surface area contributed by atoms with Gasteiger partial charge in [0.15, 0.2) is 5.69 Å². The quantitative estimate of drug-likeness (QED) is 0.727. The van der Waals surface area contributed by atoms with Crippen LogP contribution in [0.4, 0.5) is 5.82 Å².